The number of phenols is 2. The van der Waals surface area contributed by atoms with E-state index in [1.807, 2.05) is 55.5 Å². The van der Waals surface area contributed by atoms with E-state index in [1.54, 1.807) is 0 Å². The fourth-order valence-electron chi connectivity index (χ4n) is 3.70. The lowest BCUT2D eigenvalue weighted by Crippen LogP contribution is -2.24. The number of benzene rings is 3. The van der Waals surface area contributed by atoms with Gasteiger partial charge in [-0.1, -0.05) is 0 Å². The standard InChI is InChI=1S/C25H22Br2N2O5/c1-3-33-16-8-10-18(11-9-16)34-17-6-4-15(5-7-17)20-13-21(29(28-20)14(2)30)19-12-22(31)25(32)24(27)23(19)26/h4-12,21,31-32H,3,13H2,1-2H3. The van der Waals surface area contributed by atoms with E-state index in [2.05, 4.69) is 37.0 Å². The van der Waals surface area contributed by atoms with Gasteiger partial charge in [0.05, 0.1) is 22.8 Å². The Hall–Kier alpha value is -3.04. The molecule has 1 unspecified atom stereocenters. The molecule has 0 aliphatic carbocycles. The van der Waals surface area contributed by atoms with Crippen LogP contribution >= 0.6 is 31.9 Å². The molecule has 1 aliphatic rings. The molecular formula is C25H22Br2N2O5. The van der Waals surface area contributed by atoms with E-state index in [1.165, 1.54) is 18.0 Å². The Balaban J connectivity index is 1.54. The third kappa shape index (κ3) is 4.90. The summed E-state index contributed by atoms with van der Waals surface area (Å²) in [5.41, 5.74) is 2.21. The summed E-state index contributed by atoms with van der Waals surface area (Å²) in [7, 11) is 0. The number of rotatable bonds is 6. The van der Waals surface area contributed by atoms with Gasteiger partial charge in [0.1, 0.15) is 17.2 Å². The minimum Gasteiger partial charge on any atom is -0.504 e. The molecule has 0 fully saturated rings. The summed E-state index contributed by atoms with van der Waals surface area (Å²) in [5.74, 6) is 1.37. The Morgan fingerprint density at radius 1 is 1.03 bits per heavy atom. The molecule has 0 bridgehead atoms. The summed E-state index contributed by atoms with van der Waals surface area (Å²) >= 11 is 6.72. The normalized spacial score (nSPS) is 15.2. The molecule has 1 amide bonds. The molecule has 176 valence electrons. The topological polar surface area (TPSA) is 91.6 Å². The minimum absolute atomic E-state index is 0.231. The van der Waals surface area contributed by atoms with Crippen molar-refractivity contribution in [2.45, 2.75) is 26.3 Å². The van der Waals surface area contributed by atoms with Gasteiger partial charge in [-0.05, 0) is 105 Å². The van der Waals surface area contributed by atoms with Gasteiger partial charge in [-0.15, -0.1) is 0 Å². The Bertz CT molecular complexity index is 1240. The molecule has 2 N–H and O–H groups in total. The van der Waals surface area contributed by atoms with Crippen molar-refractivity contribution in [1.82, 2.24) is 5.01 Å². The van der Waals surface area contributed by atoms with Crippen LogP contribution in [0.25, 0.3) is 0 Å². The molecule has 34 heavy (non-hydrogen) atoms. The fourth-order valence-corrected chi connectivity index (χ4v) is 4.70. The maximum absolute atomic E-state index is 12.3. The highest BCUT2D eigenvalue weighted by atomic mass is 79.9. The number of carbonyl (C=O) groups excluding carboxylic acids is 1. The van der Waals surface area contributed by atoms with Gasteiger partial charge in [0.15, 0.2) is 11.5 Å². The molecule has 0 radical (unpaired) electrons. The Labute approximate surface area is 213 Å². The van der Waals surface area contributed by atoms with Crippen molar-refractivity contribution >= 4 is 43.5 Å². The summed E-state index contributed by atoms with van der Waals surface area (Å²) in [6.45, 7) is 3.98. The maximum Gasteiger partial charge on any atom is 0.240 e. The van der Waals surface area contributed by atoms with Gasteiger partial charge in [0, 0.05) is 17.8 Å². The van der Waals surface area contributed by atoms with Gasteiger partial charge in [0.25, 0.3) is 0 Å². The number of ether oxygens (including phenoxy) is 2. The van der Waals surface area contributed by atoms with E-state index in [0.717, 1.165) is 17.0 Å². The van der Waals surface area contributed by atoms with Gasteiger partial charge in [-0.3, -0.25) is 4.79 Å². The largest absolute Gasteiger partial charge is 0.504 e. The molecule has 7 nitrogen and oxygen atoms in total. The number of halogens is 2. The Morgan fingerprint density at radius 3 is 2.21 bits per heavy atom. The van der Waals surface area contributed by atoms with Gasteiger partial charge in [-0.25, -0.2) is 5.01 Å². The number of amides is 1. The van der Waals surface area contributed by atoms with Crippen LogP contribution in [0.2, 0.25) is 0 Å². The number of carbonyl (C=O) groups is 1. The first kappa shape index (κ1) is 24.1. The number of hydrogen-bond donors (Lipinski definition) is 2. The van der Waals surface area contributed by atoms with Crippen LogP contribution in [0.3, 0.4) is 0 Å². The lowest BCUT2D eigenvalue weighted by molar-refractivity contribution is -0.130. The minimum atomic E-state index is -0.440. The molecule has 1 heterocycles. The molecule has 9 heteroatoms. The zero-order chi connectivity index (χ0) is 24.4. The van der Waals surface area contributed by atoms with Crippen molar-refractivity contribution in [2.75, 3.05) is 6.61 Å². The first-order valence-corrected chi connectivity index (χ1v) is 12.1. The molecule has 4 rings (SSSR count). The number of hydrogen-bond acceptors (Lipinski definition) is 6. The highest BCUT2D eigenvalue weighted by Gasteiger charge is 2.34. The maximum atomic E-state index is 12.3. The lowest BCUT2D eigenvalue weighted by Gasteiger charge is -2.22. The van der Waals surface area contributed by atoms with E-state index in [-0.39, 0.29) is 17.4 Å². The zero-order valence-electron chi connectivity index (χ0n) is 18.5. The quantitative estimate of drug-likeness (QED) is 0.320. The first-order valence-electron chi connectivity index (χ1n) is 10.6. The average Bonchev–Trinajstić information content (AvgIpc) is 3.28. The summed E-state index contributed by atoms with van der Waals surface area (Å²) in [5, 5.41) is 26.0. The monoisotopic (exact) mass is 588 g/mol. The summed E-state index contributed by atoms with van der Waals surface area (Å²) in [6, 6.07) is 15.9. The average molecular weight is 590 g/mol. The van der Waals surface area contributed by atoms with Gasteiger partial charge >= 0.3 is 0 Å². The second-order valence-corrected chi connectivity index (χ2v) is 9.21. The number of phenolic OH excluding ortho intramolecular Hbond substituents is 2. The van der Waals surface area contributed by atoms with E-state index >= 15 is 0 Å². The Kier molecular flexibility index (Phi) is 7.13. The van der Waals surface area contributed by atoms with E-state index in [4.69, 9.17) is 9.47 Å². The van der Waals surface area contributed by atoms with Crippen LogP contribution in [-0.2, 0) is 4.79 Å². The zero-order valence-corrected chi connectivity index (χ0v) is 21.6. The SMILES string of the molecule is CCOc1ccc(Oc2ccc(C3=NN(C(C)=O)C(c4cc(O)c(O)c(Br)c4Br)C3)cc2)cc1. The van der Waals surface area contributed by atoms with Crippen LogP contribution in [-0.4, -0.2) is 33.4 Å². The van der Waals surface area contributed by atoms with Crippen molar-refractivity contribution in [3.05, 3.63) is 74.7 Å². The number of nitrogens with zero attached hydrogens (tertiary/aromatic N) is 2. The second-order valence-electron chi connectivity index (χ2n) is 7.62. The Morgan fingerprint density at radius 2 is 1.62 bits per heavy atom. The third-order valence-corrected chi connectivity index (χ3v) is 7.50. The van der Waals surface area contributed by atoms with Crippen molar-refractivity contribution in [3.63, 3.8) is 0 Å². The third-order valence-electron chi connectivity index (χ3n) is 5.34. The lowest BCUT2D eigenvalue weighted by atomic mass is 9.98. The molecule has 3 aromatic carbocycles. The van der Waals surface area contributed by atoms with E-state index < -0.39 is 6.04 Å². The summed E-state index contributed by atoms with van der Waals surface area (Å²) < 4.78 is 12.2. The molecule has 0 saturated carbocycles. The van der Waals surface area contributed by atoms with E-state index in [9.17, 15) is 15.0 Å². The van der Waals surface area contributed by atoms with E-state index in [0.29, 0.717) is 39.0 Å². The summed E-state index contributed by atoms with van der Waals surface area (Å²) in [6.07, 6.45) is 0.438. The van der Waals surface area contributed by atoms with Crippen LogP contribution in [0.1, 0.15) is 37.4 Å². The highest BCUT2D eigenvalue weighted by molar-refractivity contribution is 9.13. The highest BCUT2D eigenvalue weighted by Crippen LogP contribution is 2.46. The van der Waals surface area contributed by atoms with Crippen LogP contribution in [0.4, 0.5) is 0 Å². The van der Waals surface area contributed by atoms with Gasteiger partial charge < -0.3 is 19.7 Å². The molecule has 1 aliphatic heterocycles. The van der Waals surface area contributed by atoms with Crippen LogP contribution in [0.15, 0.2) is 68.6 Å². The predicted octanol–water partition coefficient (Wildman–Crippen LogP) is 6.51. The van der Waals surface area contributed by atoms with Crippen molar-refractivity contribution in [1.29, 1.82) is 0 Å². The summed E-state index contributed by atoms with van der Waals surface area (Å²) in [4.78, 5) is 12.3. The first-order chi connectivity index (χ1) is 16.3. The molecule has 1 atom stereocenters. The van der Waals surface area contributed by atoms with Gasteiger partial charge in [-0.2, -0.15) is 5.10 Å². The van der Waals surface area contributed by atoms with Crippen molar-refractivity contribution in [3.8, 4) is 28.7 Å². The van der Waals surface area contributed by atoms with Crippen LogP contribution < -0.4 is 9.47 Å². The van der Waals surface area contributed by atoms with Crippen LogP contribution in [0, 0.1) is 0 Å². The number of aromatic hydroxyl groups is 2. The molecule has 0 saturated heterocycles. The smallest absolute Gasteiger partial charge is 0.240 e. The fraction of sp³-hybridized carbons (Fsp3) is 0.200. The molecule has 0 spiro atoms. The number of hydrazone groups is 1. The molecule has 0 aromatic heterocycles. The second kappa shape index (κ2) is 10.1. The van der Waals surface area contributed by atoms with Crippen molar-refractivity contribution < 1.29 is 24.5 Å². The van der Waals surface area contributed by atoms with Crippen LogP contribution in [0.5, 0.6) is 28.7 Å². The molecule has 3 aromatic rings. The predicted molar refractivity (Wildman–Crippen MR) is 136 cm³/mol. The van der Waals surface area contributed by atoms with Crippen molar-refractivity contribution in [2.24, 2.45) is 5.10 Å². The molecular weight excluding hydrogens is 568 g/mol. The van der Waals surface area contributed by atoms with Gasteiger partial charge in [0.2, 0.25) is 5.91 Å².